The standard InChI is InChI=1S/C34H43N7O9S.C25H47N5O15S/c1-21-15-24(50-14-5-7-29(42)35-10-6-13-49-4)16-22(2)31(21)51(47,48)40-27(33(45)46)19-38-32(44)26-20-41(3)28-17-23(8-9-25(28)30(26)43)18-39-34-36-11-12-37-34;1-2-9-44-11-12-45-10-3-4-26-25(40)19(18-46(41,42)43)27-20(31)13-29(15-22(34)35)7-5-28(14-21(32)33)6-8-30(16-23(36)37)17-24(38)39/h8-9,11-12,15-17,20,27,40H,5-7,10,13-14,18-19H2,1-4H3,(H,35,42)(H,38,44)(H,45,46)(H2,36,37,39);19,41-43H,2-18H2,1H3,(H,26,40)(H,27,31)(H,32,33)(H,34,35)(H,36,37)(H,38,39)/t27-;19-/m01/s1. The van der Waals surface area contributed by atoms with Gasteiger partial charge < -0.3 is 94.3 Å². The third-order valence-corrected chi connectivity index (χ3v) is 16.2. The highest BCUT2D eigenvalue weighted by Crippen LogP contribution is 2.33. The molecule has 4 rings (SSSR count). The van der Waals surface area contributed by atoms with Gasteiger partial charge in [0.2, 0.25) is 33.2 Å². The Morgan fingerprint density at radius 2 is 1.27 bits per heavy atom. The Hall–Kier alpha value is -8.41. The number of rotatable bonds is 48. The lowest BCUT2D eigenvalue weighted by atomic mass is 10.1. The van der Waals surface area contributed by atoms with Gasteiger partial charge in [0.1, 0.15) is 23.4 Å². The van der Waals surface area contributed by atoms with Crippen molar-refractivity contribution in [1.29, 1.82) is 0 Å². The summed E-state index contributed by atoms with van der Waals surface area (Å²) in [5.41, 5.74) is 1.26. The van der Waals surface area contributed by atoms with Crippen LogP contribution in [0.2, 0.25) is 0 Å². The zero-order valence-corrected chi connectivity index (χ0v) is 56.2. The van der Waals surface area contributed by atoms with Crippen molar-refractivity contribution in [1.82, 2.24) is 55.2 Å². The highest BCUT2D eigenvalue weighted by molar-refractivity contribution is 8.19. The molecule has 0 saturated heterocycles. The zero-order chi connectivity index (χ0) is 72.3. The van der Waals surface area contributed by atoms with Crippen LogP contribution in [-0.2, 0) is 76.2 Å². The lowest BCUT2D eigenvalue weighted by Crippen LogP contribution is -2.53. The van der Waals surface area contributed by atoms with Gasteiger partial charge in [-0.1, -0.05) is 13.0 Å². The average Bonchev–Trinajstić information content (AvgIpc) is 0.882. The second-order valence-electron chi connectivity index (χ2n) is 21.9. The number of carboxylic acids is 5. The van der Waals surface area contributed by atoms with Crippen LogP contribution in [0.3, 0.4) is 0 Å². The minimum atomic E-state index is -4.39. The lowest BCUT2D eigenvalue weighted by molar-refractivity contribution is -0.143. The Morgan fingerprint density at radius 3 is 1.84 bits per heavy atom. The van der Waals surface area contributed by atoms with E-state index in [1.54, 1.807) is 63.2 Å². The largest absolute Gasteiger partial charge is 0.494 e. The number of nitrogens with one attached hydrogen (secondary N) is 7. The number of nitrogens with zero attached hydrogens (tertiary/aromatic N) is 5. The summed E-state index contributed by atoms with van der Waals surface area (Å²) in [6.45, 7) is 4.23. The van der Waals surface area contributed by atoms with Crippen LogP contribution in [0.25, 0.3) is 10.9 Å². The molecule has 2 aromatic carbocycles. The molecule has 0 saturated carbocycles. The Labute approximate surface area is 561 Å². The number of carboxylic acid groups (broad SMARTS) is 5. The first kappa shape index (κ1) is 82.8. The molecule has 0 aliphatic heterocycles. The van der Waals surface area contributed by atoms with Gasteiger partial charge in [-0.05, 0) is 80.5 Å². The summed E-state index contributed by atoms with van der Waals surface area (Å²) in [5.74, 6) is -9.42. The number of benzene rings is 2. The molecule has 542 valence electrons. The van der Waals surface area contributed by atoms with Crippen molar-refractivity contribution in [2.75, 3.05) is 136 Å². The van der Waals surface area contributed by atoms with E-state index in [-0.39, 0.29) is 74.1 Å². The van der Waals surface area contributed by atoms with Gasteiger partial charge in [0.05, 0.1) is 79.6 Å². The van der Waals surface area contributed by atoms with Crippen molar-refractivity contribution in [2.24, 2.45) is 7.05 Å². The number of aliphatic carboxylic acids is 5. The molecule has 4 amide bonds. The number of amides is 4. The molecule has 0 aliphatic rings. The molecule has 97 heavy (non-hydrogen) atoms. The Morgan fingerprint density at radius 1 is 0.691 bits per heavy atom. The van der Waals surface area contributed by atoms with Gasteiger partial charge in [0.25, 0.3) is 5.91 Å². The van der Waals surface area contributed by atoms with Crippen molar-refractivity contribution in [3.8, 4) is 5.75 Å². The minimum Gasteiger partial charge on any atom is -0.494 e. The predicted octanol–water partition coefficient (Wildman–Crippen LogP) is -0.148. The maximum Gasteiger partial charge on any atom is 0.323 e. The summed E-state index contributed by atoms with van der Waals surface area (Å²) >= 11 is 0. The molecule has 36 nitrogen and oxygen atoms in total. The van der Waals surface area contributed by atoms with Crippen molar-refractivity contribution in [3.63, 3.8) is 0 Å². The monoisotopic (exact) mass is 1410 g/mol. The van der Waals surface area contributed by atoms with E-state index in [4.69, 9.17) is 29.2 Å². The number of methoxy groups -OCH3 is 1. The minimum absolute atomic E-state index is 0.0898. The van der Waals surface area contributed by atoms with Crippen LogP contribution in [0.1, 0.15) is 66.1 Å². The number of sulfonamides is 1. The normalized spacial score (nSPS) is 12.3. The molecule has 4 aromatic rings. The van der Waals surface area contributed by atoms with E-state index >= 15 is 0 Å². The quantitative estimate of drug-likeness (QED) is 0.0256. The molecule has 15 N–H and O–H groups in total. The molecule has 2 aromatic heterocycles. The predicted molar refractivity (Wildman–Crippen MR) is 351 cm³/mol. The van der Waals surface area contributed by atoms with Crippen molar-refractivity contribution >= 4 is 91.2 Å². The van der Waals surface area contributed by atoms with Gasteiger partial charge in [0, 0.05) is 117 Å². The molecule has 0 spiro atoms. The van der Waals surface area contributed by atoms with E-state index in [2.05, 4.69) is 41.3 Å². The number of fused-ring (bicyclic) bond motifs is 1. The number of ether oxygens (including phenoxy) is 4. The van der Waals surface area contributed by atoms with E-state index < -0.39 is 131 Å². The number of carbonyl (C=O) groups is 9. The van der Waals surface area contributed by atoms with Crippen molar-refractivity contribution < 1.29 is 110 Å². The highest BCUT2D eigenvalue weighted by atomic mass is 32.3. The highest BCUT2D eigenvalue weighted by Gasteiger charge is 2.31. The van der Waals surface area contributed by atoms with Crippen LogP contribution in [0.15, 0.2) is 58.6 Å². The second kappa shape index (κ2) is 43.0. The van der Waals surface area contributed by atoms with Gasteiger partial charge in [-0.2, -0.15) is 4.72 Å². The summed E-state index contributed by atoms with van der Waals surface area (Å²) in [6, 6.07) is 4.83. The molecule has 0 radical (unpaired) electrons. The van der Waals surface area contributed by atoms with Gasteiger partial charge in [-0.25, -0.2) is 13.4 Å². The lowest BCUT2D eigenvalue weighted by Gasteiger charge is -2.29. The first-order valence-corrected chi connectivity index (χ1v) is 33.6. The second-order valence-corrected chi connectivity index (χ2v) is 25.2. The number of carbonyl (C=O) groups excluding carboxylic acids is 4. The molecule has 38 heteroatoms. The Balaban J connectivity index is 0.000000509. The maximum atomic E-state index is 13.4. The van der Waals surface area contributed by atoms with Gasteiger partial charge >= 0.3 is 29.8 Å². The number of imidazole rings is 1. The third-order valence-electron chi connectivity index (χ3n) is 13.7. The zero-order valence-electron chi connectivity index (χ0n) is 54.6. The Bertz CT molecular complexity index is 3370. The van der Waals surface area contributed by atoms with E-state index in [1.165, 1.54) is 23.2 Å². The summed E-state index contributed by atoms with van der Waals surface area (Å²) in [6.07, 6.45) is 7.31. The van der Waals surface area contributed by atoms with Crippen LogP contribution in [0, 0.1) is 13.8 Å². The van der Waals surface area contributed by atoms with Gasteiger partial charge in [-0.15, -0.1) is 0 Å². The summed E-state index contributed by atoms with van der Waals surface area (Å²) in [4.78, 5) is 131. The third kappa shape index (κ3) is 32.9. The fourth-order valence-corrected chi connectivity index (χ4v) is 11.6. The number of hydrogen-bond donors (Lipinski definition) is 15. The van der Waals surface area contributed by atoms with Gasteiger partial charge in [-0.3, -0.25) is 62.6 Å². The number of anilines is 1. The van der Waals surface area contributed by atoms with Gasteiger partial charge in [0.15, 0.2) is 5.95 Å². The molecule has 2 atom stereocenters. The van der Waals surface area contributed by atoms with Crippen LogP contribution >= 0.6 is 10.9 Å². The molecule has 0 aliphatic carbocycles. The summed E-state index contributed by atoms with van der Waals surface area (Å²) < 4.78 is 80.4. The first-order valence-electron chi connectivity index (χ1n) is 30.5. The van der Waals surface area contributed by atoms with Crippen LogP contribution in [0.4, 0.5) is 5.95 Å². The van der Waals surface area contributed by atoms with E-state index in [1.807, 2.05) is 6.92 Å². The molecule has 0 bridgehead atoms. The Kier molecular flexibility index (Phi) is 36.7. The van der Waals surface area contributed by atoms with E-state index in [0.717, 1.165) is 21.8 Å². The molecule has 0 unspecified atom stereocenters. The molecule has 2 heterocycles. The number of aryl methyl sites for hydroxylation is 3. The van der Waals surface area contributed by atoms with Crippen molar-refractivity contribution in [2.45, 2.75) is 76.4 Å². The fraction of sp³-hybridized carbons (Fsp3) is 0.542. The first-order chi connectivity index (χ1) is 45.8. The van der Waals surface area contributed by atoms with Crippen molar-refractivity contribution in [3.05, 3.63) is 81.4 Å². The molecular weight excluding hydrogens is 1320 g/mol. The van der Waals surface area contributed by atoms with E-state index in [0.29, 0.717) is 87.1 Å². The molecular formula is C59H90N12O24S2. The SMILES string of the molecule is CCCOCCOCCCNC(=O)[C@@H](CS(O)(O)O)NC(=O)CN(CCN(CCN(CC(=O)O)CC(=O)O)CC(=O)O)CC(=O)O.COCCCNC(=O)CCCOc1cc(C)c(S(=O)(=O)N[C@@H](CNC(=O)c2cn(C)c3cc(CNc4ncc[nH]4)ccc3c2=O)C(=O)O)c(C)c1. The van der Waals surface area contributed by atoms with Crippen LogP contribution < -0.4 is 41.5 Å². The molecule has 0 fully saturated rings. The maximum absolute atomic E-state index is 13.4. The average molecular weight is 1420 g/mol. The smallest absolute Gasteiger partial charge is 0.323 e. The summed E-state index contributed by atoms with van der Waals surface area (Å²) in [5, 5.41) is 59.7. The number of pyridine rings is 1. The number of H-pyrrole nitrogens is 1. The van der Waals surface area contributed by atoms with E-state index in [9.17, 15) is 85.3 Å². The van der Waals surface area contributed by atoms with Crippen LogP contribution in [0.5, 0.6) is 5.75 Å². The topological polar surface area (TPSA) is 519 Å². The van der Waals surface area contributed by atoms with Crippen LogP contribution in [-0.4, -0.2) is 273 Å². The summed E-state index contributed by atoms with van der Waals surface area (Å²) in [7, 11) is -5.36. The fourth-order valence-electron chi connectivity index (χ4n) is 9.29. The number of hydrogen-bond acceptors (Lipinski definition) is 24. The number of aromatic nitrogens is 3. The number of aromatic amines is 1.